The molecular formula is C25H31NO. The highest BCUT2D eigenvalue weighted by molar-refractivity contribution is 5.83. The smallest absolute Gasteiger partial charge is 0.0853 e. The monoisotopic (exact) mass is 361 g/mol. The first-order valence-electron chi connectivity index (χ1n) is 9.81. The number of fused-ring (bicyclic) bond motifs is 1. The summed E-state index contributed by atoms with van der Waals surface area (Å²) in [6, 6.07) is 25.6. The predicted molar refractivity (Wildman–Crippen MR) is 115 cm³/mol. The van der Waals surface area contributed by atoms with Gasteiger partial charge in [-0.15, -0.1) is 0 Å². The number of aliphatic hydroxyl groups excluding tert-OH is 1. The second kappa shape index (κ2) is 8.24. The Labute approximate surface area is 163 Å². The number of nitrogens with zero attached hydrogens (tertiary/aromatic N) is 1. The van der Waals surface area contributed by atoms with Gasteiger partial charge in [0, 0.05) is 24.5 Å². The molecule has 0 saturated carbocycles. The highest BCUT2D eigenvalue weighted by atomic mass is 16.3. The van der Waals surface area contributed by atoms with Crippen molar-refractivity contribution >= 4 is 10.8 Å². The molecule has 0 aliphatic heterocycles. The lowest BCUT2D eigenvalue weighted by atomic mass is 9.81. The van der Waals surface area contributed by atoms with Crippen molar-refractivity contribution in [2.24, 2.45) is 5.41 Å². The summed E-state index contributed by atoms with van der Waals surface area (Å²) in [6.45, 7) is 10.5. The molecule has 0 aliphatic rings. The van der Waals surface area contributed by atoms with Crippen LogP contribution in [0.4, 0.5) is 0 Å². The van der Waals surface area contributed by atoms with E-state index >= 15 is 0 Å². The topological polar surface area (TPSA) is 23.5 Å². The molecule has 1 atom stereocenters. The highest BCUT2D eigenvalue weighted by Gasteiger charge is 2.32. The number of hydrogen-bond donors (Lipinski definition) is 1. The normalized spacial score (nSPS) is 13.4. The van der Waals surface area contributed by atoms with Crippen molar-refractivity contribution in [2.75, 3.05) is 6.54 Å². The minimum atomic E-state index is -0.515. The third-order valence-corrected chi connectivity index (χ3v) is 5.40. The molecule has 0 amide bonds. The Morgan fingerprint density at radius 2 is 1.48 bits per heavy atom. The molecule has 2 heteroatoms. The Kier molecular flexibility index (Phi) is 5.98. The van der Waals surface area contributed by atoms with E-state index in [9.17, 15) is 5.11 Å². The Balaban J connectivity index is 1.79. The number of rotatable bonds is 7. The van der Waals surface area contributed by atoms with Crippen LogP contribution in [0.25, 0.3) is 10.8 Å². The van der Waals surface area contributed by atoms with Crippen molar-refractivity contribution < 1.29 is 5.11 Å². The zero-order valence-electron chi connectivity index (χ0n) is 16.9. The predicted octanol–water partition coefficient (Wildman–Crippen LogP) is 5.81. The summed E-state index contributed by atoms with van der Waals surface area (Å²) in [5, 5.41) is 13.6. The van der Waals surface area contributed by atoms with E-state index in [1.807, 2.05) is 12.1 Å². The van der Waals surface area contributed by atoms with Crippen LogP contribution in [0.5, 0.6) is 0 Å². The van der Waals surface area contributed by atoms with Gasteiger partial charge in [0.15, 0.2) is 0 Å². The molecule has 0 saturated heterocycles. The van der Waals surface area contributed by atoms with Crippen molar-refractivity contribution in [3.63, 3.8) is 0 Å². The maximum absolute atomic E-state index is 11.2. The van der Waals surface area contributed by atoms with Gasteiger partial charge < -0.3 is 5.11 Å². The fourth-order valence-corrected chi connectivity index (χ4v) is 3.68. The second-order valence-electron chi connectivity index (χ2n) is 8.48. The van der Waals surface area contributed by atoms with Crippen LogP contribution in [0, 0.1) is 5.41 Å². The maximum Gasteiger partial charge on any atom is 0.0853 e. The Morgan fingerprint density at radius 3 is 2.15 bits per heavy atom. The first-order chi connectivity index (χ1) is 12.9. The largest absolute Gasteiger partial charge is 0.388 e. The van der Waals surface area contributed by atoms with E-state index in [-0.39, 0.29) is 5.41 Å². The lowest BCUT2D eigenvalue weighted by molar-refractivity contribution is 0.0103. The van der Waals surface area contributed by atoms with Crippen LogP contribution in [0.3, 0.4) is 0 Å². The van der Waals surface area contributed by atoms with Crippen molar-refractivity contribution in [3.8, 4) is 0 Å². The Morgan fingerprint density at radius 1 is 0.852 bits per heavy atom. The van der Waals surface area contributed by atoms with E-state index in [1.54, 1.807) is 0 Å². The standard InChI is InChI=1S/C25H31NO/c1-19(2)26(17-20-10-6-5-7-11-20)18-25(3,4)24(27)23-15-14-21-12-8-9-13-22(21)16-23/h5-16,19,24,27H,17-18H2,1-4H3. The zero-order chi connectivity index (χ0) is 19.4. The van der Waals surface area contributed by atoms with Crippen LogP contribution in [0.1, 0.15) is 44.9 Å². The van der Waals surface area contributed by atoms with Gasteiger partial charge in [-0.1, -0.05) is 80.6 Å². The molecule has 0 aromatic heterocycles. The van der Waals surface area contributed by atoms with Crippen LogP contribution >= 0.6 is 0 Å². The van der Waals surface area contributed by atoms with Crippen LogP contribution in [-0.4, -0.2) is 22.6 Å². The molecule has 0 fully saturated rings. The molecule has 3 aromatic rings. The fraction of sp³-hybridized carbons (Fsp3) is 0.360. The van der Waals surface area contributed by atoms with E-state index in [4.69, 9.17) is 0 Å². The van der Waals surface area contributed by atoms with E-state index in [0.717, 1.165) is 18.7 Å². The molecule has 3 aromatic carbocycles. The van der Waals surface area contributed by atoms with Crippen molar-refractivity contribution in [3.05, 3.63) is 83.9 Å². The van der Waals surface area contributed by atoms with Gasteiger partial charge in [-0.3, -0.25) is 4.90 Å². The van der Waals surface area contributed by atoms with Gasteiger partial charge in [0.2, 0.25) is 0 Å². The van der Waals surface area contributed by atoms with Gasteiger partial charge in [-0.25, -0.2) is 0 Å². The minimum absolute atomic E-state index is 0.262. The zero-order valence-corrected chi connectivity index (χ0v) is 16.9. The summed E-state index contributed by atoms with van der Waals surface area (Å²) in [5.41, 5.74) is 2.03. The average Bonchev–Trinajstić information content (AvgIpc) is 2.67. The van der Waals surface area contributed by atoms with E-state index < -0.39 is 6.10 Å². The fourth-order valence-electron chi connectivity index (χ4n) is 3.68. The molecular weight excluding hydrogens is 330 g/mol. The molecule has 2 nitrogen and oxygen atoms in total. The average molecular weight is 362 g/mol. The summed E-state index contributed by atoms with van der Waals surface area (Å²) in [7, 11) is 0. The first kappa shape index (κ1) is 19.6. The third-order valence-electron chi connectivity index (χ3n) is 5.40. The molecule has 142 valence electrons. The molecule has 0 aliphatic carbocycles. The van der Waals surface area contributed by atoms with E-state index in [0.29, 0.717) is 6.04 Å². The minimum Gasteiger partial charge on any atom is -0.388 e. The summed E-state index contributed by atoms with van der Waals surface area (Å²) in [6.07, 6.45) is -0.515. The first-order valence-corrected chi connectivity index (χ1v) is 9.81. The molecule has 1 N–H and O–H groups in total. The van der Waals surface area contributed by atoms with Crippen LogP contribution in [0.2, 0.25) is 0 Å². The van der Waals surface area contributed by atoms with Gasteiger partial charge in [0.25, 0.3) is 0 Å². The number of benzene rings is 3. The highest BCUT2D eigenvalue weighted by Crippen LogP contribution is 2.36. The molecule has 0 bridgehead atoms. The summed E-state index contributed by atoms with van der Waals surface area (Å²) in [5.74, 6) is 0. The quantitative estimate of drug-likeness (QED) is 0.574. The lowest BCUT2D eigenvalue weighted by Gasteiger charge is -2.38. The van der Waals surface area contributed by atoms with Gasteiger partial charge in [-0.05, 0) is 41.8 Å². The molecule has 0 heterocycles. The van der Waals surface area contributed by atoms with Gasteiger partial charge in [-0.2, -0.15) is 0 Å². The van der Waals surface area contributed by atoms with E-state index in [2.05, 4.69) is 93.3 Å². The summed E-state index contributed by atoms with van der Waals surface area (Å²) in [4.78, 5) is 2.44. The van der Waals surface area contributed by atoms with Crippen molar-refractivity contribution in [1.82, 2.24) is 4.90 Å². The maximum atomic E-state index is 11.2. The Hall–Kier alpha value is -2.16. The number of aliphatic hydroxyl groups is 1. The third kappa shape index (κ3) is 4.77. The molecule has 1 unspecified atom stereocenters. The van der Waals surface area contributed by atoms with Crippen molar-refractivity contribution in [1.29, 1.82) is 0 Å². The molecule has 0 spiro atoms. The SMILES string of the molecule is CC(C)N(Cc1ccccc1)CC(C)(C)C(O)c1ccc2ccccc2c1. The van der Waals surface area contributed by atoms with Gasteiger partial charge in [0.1, 0.15) is 0 Å². The number of hydrogen-bond acceptors (Lipinski definition) is 2. The van der Waals surface area contributed by atoms with E-state index in [1.165, 1.54) is 16.3 Å². The van der Waals surface area contributed by atoms with Crippen LogP contribution in [-0.2, 0) is 6.54 Å². The second-order valence-corrected chi connectivity index (χ2v) is 8.48. The van der Waals surface area contributed by atoms with Crippen LogP contribution < -0.4 is 0 Å². The van der Waals surface area contributed by atoms with Gasteiger partial charge >= 0.3 is 0 Å². The lowest BCUT2D eigenvalue weighted by Crippen LogP contribution is -2.41. The Bertz CT molecular complexity index is 870. The van der Waals surface area contributed by atoms with Crippen LogP contribution in [0.15, 0.2) is 72.8 Å². The molecule has 27 heavy (non-hydrogen) atoms. The molecule has 3 rings (SSSR count). The van der Waals surface area contributed by atoms with Crippen molar-refractivity contribution in [2.45, 2.75) is 46.4 Å². The summed E-state index contributed by atoms with van der Waals surface area (Å²) < 4.78 is 0. The summed E-state index contributed by atoms with van der Waals surface area (Å²) >= 11 is 0. The molecule has 0 radical (unpaired) electrons. The van der Waals surface area contributed by atoms with Gasteiger partial charge in [0.05, 0.1) is 6.10 Å².